The maximum Gasteiger partial charge on any atom is 0.316 e. The van der Waals surface area contributed by atoms with Gasteiger partial charge in [0.05, 0.1) is 30.9 Å². The lowest BCUT2D eigenvalue weighted by molar-refractivity contribution is -0.139. The fourth-order valence-corrected chi connectivity index (χ4v) is 2.19. The van der Waals surface area contributed by atoms with Gasteiger partial charge in [-0.15, -0.1) is 0 Å². The molecule has 6 nitrogen and oxygen atoms in total. The summed E-state index contributed by atoms with van der Waals surface area (Å²) < 4.78 is 10.0. The van der Waals surface area contributed by atoms with E-state index in [0.29, 0.717) is 28.9 Å². The third-order valence-corrected chi connectivity index (χ3v) is 3.32. The van der Waals surface area contributed by atoms with E-state index in [0.717, 1.165) is 0 Å². The van der Waals surface area contributed by atoms with Crippen LogP contribution in [0.3, 0.4) is 0 Å². The molecular weight excluding hydrogens is 290 g/mol. The molecule has 0 radical (unpaired) electrons. The molecule has 0 fully saturated rings. The summed E-state index contributed by atoms with van der Waals surface area (Å²) in [7, 11) is 1.60. The van der Waals surface area contributed by atoms with Crippen molar-refractivity contribution in [3.05, 3.63) is 30.6 Å². The van der Waals surface area contributed by atoms with E-state index in [1.54, 1.807) is 44.6 Å². The van der Waals surface area contributed by atoms with Gasteiger partial charge in [-0.3, -0.25) is 9.78 Å². The molecule has 0 amide bonds. The molecule has 2 aromatic heterocycles. The lowest BCUT2D eigenvalue weighted by Gasteiger charge is -2.05. The van der Waals surface area contributed by atoms with Gasteiger partial charge in [-0.05, 0) is 19.1 Å². The van der Waals surface area contributed by atoms with Crippen LogP contribution in [0.2, 0.25) is 0 Å². The summed E-state index contributed by atoms with van der Waals surface area (Å²) in [5, 5.41) is 0.505. The molecule has 0 aliphatic carbocycles. The lowest BCUT2D eigenvalue weighted by Crippen LogP contribution is -2.07. The number of methoxy groups -OCH3 is 1. The van der Waals surface area contributed by atoms with E-state index in [9.17, 15) is 4.79 Å². The predicted octanol–water partition coefficient (Wildman–Crippen LogP) is 2.20. The second-order valence-electron chi connectivity index (χ2n) is 3.90. The molecule has 0 atom stereocenters. The van der Waals surface area contributed by atoms with Crippen molar-refractivity contribution in [1.29, 1.82) is 0 Å². The lowest BCUT2D eigenvalue weighted by atomic mass is 10.2. The summed E-state index contributed by atoms with van der Waals surface area (Å²) in [6.07, 6.45) is 3.29. The molecule has 0 N–H and O–H groups in total. The van der Waals surface area contributed by atoms with Gasteiger partial charge in [0, 0.05) is 18.5 Å². The first-order chi connectivity index (χ1) is 10.2. The molecule has 110 valence electrons. The van der Waals surface area contributed by atoms with E-state index in [1.807, 2.05) is 0 Å². The maximum absolute atomic E-state index is 11.3. The van der Waals surface area contributed by atoms with Crippen LogP contribution in [-0.4, -0.2) is 40.4 Å². The highest BCUT2D eigenvalue weighted by atomic mass is 32.2. The van der Waals surface area contributed by atoms with E-state index < -0.39 is 0 Å². The topological polar surface area (TPSA) is 74.2 Å². The molecule has 2 aromatic rings. The van der Waals surface area contributed by atoms with Crippen molar-refractivity contribution in [2.75, 3.05) is 19.5 Å². The summed E-state index contributed by atoms with van der Waals surface area (Å²) in [4.78, 5) is 24.1. The normalized spacial score (nSPS) is 10.2. The smallest absolute Gasteiger partial charge is 0.316 e. The van der Waals surface area contributed by atoms with E-state index in [4.69, 9.17) is 9.47 Å². The van der Waals surface area contributed by atoms with E-state index in [1.165, 1.54) is 11.8 Å². The Morgan fingerprint density at radius 2 is 2.05 bits per heavy atom. The van der Waals surface area contributed by atoms with Crippen molar-refractivity contribution in [2.45, 2.75) is 12.1 Å². The minimum Gasteiger partial charge on any atom is -0.497 e. The maximum atomic E-state index is 11.3. The van der Waals surface area contributed by atoms with Crippen molar-refractivity contribution < 1.29 is 14.3 Å². The molecule has 7 heteroatoms. The molecule has 0 saturated heterocycles. The number of carbonyl (C=O) groups excluding carboxylic acids is 1. The SMILES string of the molecule is CCOC(=O)CSc1nccc(-c2cc(OC)ccn2)n1. The monoisotopic (exact) mass is 305 g/mol. The summed E-state index contributed by atoms with van der Waals surface area (Å²) in [6.45, 7) is 2.14. The highest BCUT2D eigenvalue weighted by Gasteiger charge is 2.08. The van der Waals surface area contributed by atoms with Crippen LogP contribution in [0.1, 0.15) is 6.92 Å². The highest BCUT2D eigenvalue weighted by Crippen LogP contribution is 2.21. The van der Waals surface area contributed by atoms with E-state index in [-0.39, 0.29) is 11.7 Å². The summed E-state index contributed by atoms with van der Waals surface area (Å²) in [5.41, 5.74) is 1.37. The first kappa shape index (κ1) is 15.2. The van der Waals surface area contributed by atoms with Crippen LogP contribution in [-0.2, 0) is 9.53 Å². The van der Waals surface area contributed by atoms with Gasteiger partial charge in [0.25, 0.3) is 0 Å². The number of thioether (sulfide) groups is 1. The molecule has 2 heterocycles. The number of carbonyl (C=O) groups is 1. The van der Waals surface area contributed by atoms with Crippen LogP contribution in [0.25, 0.3) is 11.4 Å². The first-order valence-corrected chi connectivity index (χ1v) is 7.33. The Hall–Kier alpha value is -2.15. The number of ether oxygens (including phenoxy) is 2. The van der Waals surface area contributed by atoms with E-state index in [2.05, 4.69) is 15.0 Å². The zero-order valence-corrected chi connectivity index (χ0v) is 12.6. The molecule has 2 rings (SSSR count). The first-order valence-electron chi connectivity index (χ1n) is 6.34. The van der Waals surface area contributed by atoms with Gasteiger partial charge in [-0.1, -0.05) is 11.8 Å². The van der Waals surface area contributed by atoms with Crippen LogP contribution in [0, 0.1) is 0 Å². The zero-order chi connectivity index (χ0) is 15.1. The van der Waals surface area contributed by atoms with Crippen LogP contribution in [0.15, 0.2) is 35.7 Å². The van der Waals surface area contributed by atoms with Gasteiger partial charge in [-0.2, -0.15) is 0 Å². The Balaban J connectivity index is 2.11. The van der Waals surface area contributed by atoms with Crippen LogP contribution in [0.4, 0.5) is 0 Å². The summed E-state index contributed by atoms with van der Waals surface area (Å²) in [6, 6.07) is 5.32. The molecule has 21 heavy (non-hydrogen) atoms. The van der Waals surface area contributed by atoms with Crippen molar-refractivity contribution >= 4 is 17.7 Å². The Morgan fingerprint density at radius 3 is 2.81 bits per heavy atom. The molecule has 0 unspecified atom stereocenters. The minimum absolute atomic E-state index is 0.183. The number of aromatic nitrogens is 3. The molecule has 0 saturated carbocycles. The molecule has 0 aromatic carbocycles. The zero-order valence-electron chi connectivity index (χ0n) is 11.8. The highest BCUT2D eigenvalue weighted by molar-refractivity contribution is 7.99. The number of nitrogens with zero attached hydrogens (tertiary/aromatic N) is 3. The Kier molecular flexibility index (Phi) is 5.51. The Bertz CT molecular complexity index is 622. The van der Waals surface area contributed by atoms with Gasteiger partial charge < -0.3 is 9.47 Å². The second-order valence-corrected chi connectivity index (χ2v) is 4.84. The Morgan fingerprint density at radius 1 is 1.24 bits per heavy atom. The quantitative estimate of drug-likeness (QED) is 0.460. The molecule has 0 bridgehead atoms. The van der Waals surface area contributed by atoms with Crippen molar-refractivity contribution in [3.8, 4) is 17.1 Å². The summed E-state index contributed by atoms with van der Waals surface area (Å²) in [5.74, 6) is 0.610. The van der Waals surface area contributed by atoms with Crippen LogP contribution >= 0.6 is 11.8 Å². The molecular formula is C14H15N3O3S. The molecule has 0 spiro atoms. The van der Waals surface area contributed by atoms with Gasteiger partial charge >= 0.3 is 5.97 Å². The standard InChI is InChI=1S/C14H15N3O3S/c1-3-20-13(18)9-21-14-16-7-5-11(17-14)12-8-10(19-2)4-6-15-12/h4-8H,3,9H2,1-2H3. The fraction of sp³-hybridized carbons (Fsp3) is 0.286. The number of hydrogen-bond acceptors (Lipinski definition) is 7. The van der Waals surface area contributed by atoms with Crippen molar-refractivity contribution in [1.82, 2.24) is 15.0 Å². The van der Waals surface area contributed by atoms with E-state index >= 15 is 0 Å². The Labute approximate surface area is 126 Å². The number of pyridine rings is 1. The third-order valence-electron chi connectivity index (χ3n) is 2.49. The third kappa shape index (κ3) is 4.42. The van der Waals surface area contributed by atoms with Gasteiger partial charge in [0.2, 0.25) is 0 Å². The number of esters is 1. The van der Waals surface area contributed by atoms with Gasteiger partial charge in [0.1, 0.15) is 5.75 Å². The average Bonchev–Trinajstić information content (AvgIpc) is 2.53. The fourth-order valence-electron chi connectivity index (χ4n) is 1.56. The predicted molar refractivity (Wildman–Crippen MR) is 79.2 cm³/mol. The van der Waals surface area contributed by atoms with Crippen molar-refractivity contribution in [2.24, 2.45) is 0 Å². The van der Waals surface area contributed by atoms with Crippen LogP contribution < -0.4 is 4.74 Å². The summed E-state index contributed by atoms with van der Waals surface area (Å²) >= 11 is 1.23. The average molecular weight is 305 g/mol. The van der Waals surface area contributed by atoms with Crippen molar-refractivity contribution in [3.63, 3.8) is 0 Å². The van der Waals surface area contributed by atoms with Gasteiger partial charge in [-0.25, -0.2) is 9.97 Å². The number of rotatable bonds is 6. The number of hydrogen-bond donors (Lipinski definition) is 0. The molecule has 0 aliphatic rings. The molecule has 0 aliphatic heterocycles. The second kappa shape index (κ2) is 7.58. The van der Waals surface area contributed by atoms with Gasteiger partial charge in [0.15, 0.2) is 5.16 Å². The minimum atomic E-state index is -0.281. The van der Waals surface area contributed by atoms with Crippen LogP contribution in [0.5, 0.6) is 5.75 Å². The largest absolute Gasteiger partial charge is 0.497 e.